The summed E-state index contributed by atoms with van der Waals surface area (Å²) in [5.74, 6) is -0.157. The van der Waals surface area contributed by atoms with Gasteiger partial charge in [0.15, 0.2) is 5.75 Å². The maximum atomic E-state index is 12.1. The van der Waals surface area contributed by atoms with Crippen molar-refractivity contribution >= 4 is 27.5 Å². The van der Waals surface area contributed by atoms with Crippen molar-refractivity contribution in [2.45, 2.75) is 27.2 Å². The Balaban J connectivity index is 2.17. The lowest BCUT2D eigenvalue weighted by Gasteiger charge is -2.10. The summed E-state index contributed by atoms with van der Waals surface area (Å²) < 4.78 is 0.559. The molecule has 20 heavy (non-hydrogen) atoms. The van der Waals surface area contributed by atoms with Crippen molar-refractivity contribution < 1.29 is 9.90 Å². The maximum absolute atomic E-state index is 12.1. The van der Waals surface area contributed by atoms with Crippen molar-refractivity contribution in [3.63, 3.8) is 0 Å². The summed E-state index contributed by atoms with van der Waals surface area (Å²) in [5, 5.41) is 19.6. The van der Waals surface area contributed by atoms with Crippen molar-refractivity contribution in [1.82, 2.24) is 10.2 Å². The summed E-state index contributed by atoms with van der Waals surface area (Å²) in [6.07, 6.45) is 0.221. The number of rotatable bonds is 3. The predicted octanol–water partition coefficient (Wildman–Crippen LogP) is 2.98. The fourth-order valence-electron chi connectivity index (χ4n) is 2.02. The Hall–Kier alpha value is -1.82. The van der Waals surface area contributed by atoms with Crippen LogP contribution in [0.4, 0.5) is 5.69 Å². The molecular formula is C14H16BrN3O2. The number of benzene rings is 1. The van der Waals surface area contributed by atoms with Gasteiger partial charge in [0.05, 0.1) is 22.3 Å². The molecular weight excluding hydrogens is 322 g/mol. The van der Waals surface area contributed by atoms with Gasteiger partial charge in [0.25, 0.3) is 0 Å². The molecule has 1 amide bonds. The molecule has 1 heterocycles. The lowest BCUT2D eigenvalue weighted by Crippen LogP contribution is -2.15. The highest BCUT2D eigenvalue weighted by molar-refractivity contribution is 9.10. The first-order valence-electron chi connectivity index (χ1n) is 6.18. The van der Waals surface area contributed by atoms with E-state index in [-0.39, 0.29) is 18.1 Å². The number of halogens is 1. The fraction of sp³-hybridized carbons (Fsp3) is 0.286. The Morgan fingerprint density at radius 1 is 1.40 bits per heavy atom. The maximum Gasteiger partial charge on any atom is 0.229 e. The van der Waals surface area contributed by atoms with E-state index in [0.717, 1.165) is 22.5 Å². The van der Waals surface area contributed by atoms with Crippen LogP contribution in [0.25, 0.3) is 0 Å². The summed E-state index contributed by atoms with van der Waals surface area (Å²) in [5.41, 5.74) is 3.93. The summed E-state index contributed by atoms with van der Waals surface area (Å²) in [6.45, 7) is 5.63. The zero-order valence-electron chi connectivity index (χ0n) is 11.5. The topological polar surface area (TPSA) is 78.0 Å². The molecule has 1 aromatic carbocycles. The van der Waals surface area contributed by atoms with Gasteiger partial charge in [-0.1, -0.05) is 0 Å². The highest BCUT2D eigenvalue weighted by atomic mass is 79.9. The third-order valence-electron chi connectivity index (χ3n) is 3.10. The lowest BCUT2D eigenvalue weighted by molar-refractivity contribution is -0.115. The second-order valence-electron chi connectivity index (χ2n) is 4.78. The number of phenols is 1. The molecule has 2 aromatic rings. The van der Waals surface area contributed by atoms with Gasteiger partial charge in [-0.25, -0.2) is 0 Å². The zero-order valence-corrected chi connectivity index (χ0v) is 13.1. The monoisotopic (exact) mass is 337 g/mol. The van der Waals surface area contributed by atoms with Crippen LogP contribution in [0.2, 0.25) is 0 Å². The standard InChI is InChI=1S/C14H16BrN3O2/c1-7-4-11(15)14(20)12(5-7)16-13(19)6-10-8(2)17-18-9(10)3/h4-5,20H,6H2,1-3H3,(H,16,19)(H,17,18). The van der Waals surface area contributed by atoms with Gasteiger partial charge < -0.3 is 10.4 Å². The first kappa shape index (κ1) is 14.6. The Morgan fingerprint density at radius 3 is 2.70 bits per heavy atom. The van der Waals surface area contributed by atoms with E-state index in [1.54, 1.807) is 12.1 Å². The molecule has 0 saturated heterocycles. The van der Waals surface area contributed by atoms with E-state index < -0.39 is 0 Å². The molecule has 0 aliphatic rings. The molecule has 0 aliphatic heterocycles. The molecule has 2 rings (SSSR count). The minimum Gasteiger partial charge on any atom is -0.505 e. The van der Waals surface area contributed by atoms with E-state index in [9.17, 15) is 9.90 Å². The summed E-state index contributed by atoms with van der Waals surface area (Å²) in [6, 6.07) is 3.52. The highest BCUT2D eigenvalue weighted by Gasteiger charge is 2.14. The number of aromatic hydroxyl groups is 1. The Kier molecular flexibility index (Phi) is 4.13. The van der Waals surface area contributed by atoms with Crippen LogP contribution in [0.3, 0.4) is 0 Å². The zero-order chi connectivity index (χ0) is 14.9. The van der Waals surface area contributed by atoms with E-state index in [0.29, 0.717) is 10.2 Å². The van der Waals surface area contributed by atoms with E-state index in [1.807, 2.05) is 20.8 Å². The number of nitrogens with one attached hydrogen (secondary N) is 2. The Bertz CT molecular complexity index is 645. The van der Waals surface area contributed by atoms with E-state index in [1.165, 1.54) is 0 Å². The average molecular weight is 338 g/mol. The number of carbonyl (C=O) groups excluding carboxylic acids is 1. The van der Waals surface area contributed by atoms with Crippen LogP contribution >= 0.6 is 15.9 Å². The van der Waals surface area contributed by atoms with Crippen LogP contribution < -0.4 is 5.32 Å². The van der Waals surface area contributed by atoms with Crippen LogP contribution in [0, 0.1) is 20.8 Å². The molecule has 0 unspecified atom stereocenters. The molecule has 3 N–H and O–H groups in total. The van der Waals surface area contributed by atoms with Gasteiger partial charge >= 0.3 is 0 Å². The molecule has 0 bridgehead atoms. The average Bonchev–Trinajstić information content (AvgIpc) is 2.67. The van der Waals surface area contributed by atoms with Gasteiger partial charge in [-0.05, 0) is 54.4 Å². The lowest BCUT2D eigenvalue weighted by atomic mass is 10.1. The minimum atomic E-state index is -0.189. The van der Waals surface area contributed by atoms with Crippen molar-refractivity contribution in [1.29, 1.82) is 0 Å². The van der Waals surface area contributed by atoms with Crippen molar-refractivity contribution in [2.24, 2.45) is 0 Å². The molecule has 0 spiro atoms. The molecule has 0 radical (unpaired) electrons. The fourth-order valence-corrected chi connectivity index (χ4v) is 2.59. The number of aryl methyl sites for hydroxylation is 3. The van der Waals surface area contributed by atoms with Crippen LogP contribution in [-0.2, 0) is 11.2 Å². The first-order chi connectivity index (χ1) is 9.38. The number of H-pyrrole nitrogens is 1. The molecule has 0 aliphatic carbocycles. The van der Waals surface area contributed by atoms with Gasteiger partial charge in [0, 0.05) is 11.3 Å². The van der Waals surface area contributed by atoms with Gasteiger partial charge in [-0.3, -0.25) is 9.89 Å². The summed E-state index contributed by atoms with van der Waals surface area (Å²) >= 11 is 3.25. The van der Waals surface area contributed by atoms with Gasteiger partial charge in [0.2, 0.25) is 5.91 Å². The number of phenolic OH excluding ortho intramolecular Hbond substituents is 1. The van der Waals surface area contributed by atoms with Crippen LogP contribution in [0.15, 0.2) is 16.6 Å². The van der Waals surface area contributed by atoms with E-state index in [4.69, 9.17) is 0 Å². The van der Waals surface area contributed by atoms with Crippen LogP contribution in [0.1, 0.15) is 22.5 Å². The van der Waals surface area contributed by atoms with Crippen LogP contribution in [-0.4, -0.2) is 21.2 Å². The molecule has 0 saturated carbocycles. The third-order valence-corrected chi connectivity index (χ3v) is 3.70. The number of hydrogen-bond acceptors (Lipinski definition) is 3. The second-order valence-corrected chi connectivity index (χ2v) is 5.63. The molecule has 0 fully saturated rings. The minimum absolute atomic E-state index is 0.0320. The van der Waals surface area contributed by atoms with Crippen LogP contribution in [0.5, 0.6) is 5.75 Å². The normalized spacial score (nSPS) is 10.6. The number of aromatic nitrogens is 2. The first-order valence-corrected chi connectivity index (χ1v) is 6.97. The predicted molar refractivity (Wildman–Crippen MR) is 80.9 cm³/mol. The van der Waals surface area contributed by atoms with Gasteiger partial charge in [-0.2, -0.15) is 5.10 Å². The van der Waals surface area contributed by atoms with Crippen molar-refractivity contribution in [2.75, 3.05) is 5.32 Å². The highest BCUT2D eigenvalue weighted by Crippen LogP contribution is 2.33. The second kappa shape index (κ2) is 5.66. The van der Waals surface area contributed by atoms with Gasteiger partial charge in [-0.15, -0.1) is 0 Å². The van der Waals surface area contributed by atoms with E-state index in [2.05, 4.69) is 31.4 Å². The molecule has 6 heteroatoms. The van der Waals surface area contributed by atoms with E-state index >= 15 is 0 Å². The number of aromatic amines is 1. The van der Waals surface area contributed by atoms with Gasteiger partial charge in [0.1, 0.15) is 0 Å². The molecule has 5 nitrogen and oxygen atoms in total. The third kappa shape index (κ3) is 3.01. The van der Waals surface area contributed by atoms with Crippen molar-refractivity contribution in [3.05, 3.63) is 39.1 Å². The Labute approximate surface area is 125 Å². The number of hydrogen-bond donors (Lipinski definition) is 3. The number of amides is 1. The molecule has 106 valence electrons. The number of anilines is 1. The SMILES string of the molecule is Cc1cc(Br)c(O)c(NC(=O)Cc2c(C)n[nH]c2C)c1. The largest absolute Gasteiger partial charge is 0.505 e. The van der Waals surface area contributed by atoms with Crippen molar-refractivity contribution in [3.8, 4) is 5.75 Å². The smallest absolute Gasteiger partial charge is 0.229 e. The summed E-state index contributed by atoms with van der Waals surface area (Å²) in [4.78, 5) is 12.1. The number of nitrogens with zero attached hydrogens (tertiary/aromatic N) is 1. The quantitative estimate of drug-likeness (QED) is 0.753. The molecule has 0 atom stereocenters. The number of carbonyl (C=O) groups is 1. The molecule has 1 aromatic heterocycles. The summed E-state index contributed by atoms with van der Waals surface area (Å²) in [7, 11) is 0. The Morgan fingerprint density at radius 2 is 2.10 bits per heavy atom.